The number of nitrogens with one attached hydrogen (secondary N) is 3. The molecule has 1 amide bonds. The van der Waals surface area contributed by atoms with Crippen molar-refractivity contribution >= 4 is 36.7 Å². The third-order valence-electron chi connectivity index (χ3n) is 6.41. The van der Waals surface area contributed by atoms with Crippen molar-refractivity contribution in [3.05, 3.63) is 65.7 Å². The molecule has 0 spiro atoms. The Labute approximate surface area is 278 Å². The Morgan fingerprint density at radius 1 is 0.935 bits per heavy atom. The van der Waals surface area contributed by atoms with Crippen molar-refractivity contribution in [1.82, 2.24) is 15.5 Å². The van der Waals surface area contributed by atoms with Crippen LogP contribution in [0, 0.1) is 5.92 Å². The van der Waals surface area contributed by atoms with Crippen molar-refractivity contribution in [2.24, 2.45) is 11.7 Å². The van der Waals surface area contributed by atoms with E-state index < -0.39 is 6.04 Å². The fourth-order valence-corrected chi connectivity index (χ4v) is 3.77. The van der Waals surface area contributed by atoms with E-state index in [9.17, 15) is 19.2 Å². The van der Waals surface area contributed by atoms with Crippen LogP contribution in [0.25, 0.3) is 0 Å². The van der Waals surface area contributed by atoms with E-state index >= 15 is 0 Å². The maximum atomic E-state index is 11.0. The molecule has 0 saturated carbocycles. The van der Waals surface area contributed by atoms with Gasteiger partial charge in [-0.05, 0) is 103 Å². The van der Waals surface area contributed by atoms with Gasteiger partial charge in [-0.25, -0.2) is 0 Å². The highest BCUT2D eigenvalue weighted by Gasteiger charge is 2.18. The first-order valence-electron chi connectivity index (χ1n) is 15.8. The number of aryl methyl sites for hydroxylation is 1. The molecule has 1 saturated heterocycles. The highest BCUT2D eigenvalue weighted by Crippen LogP contribution is 2.12. The Hall–Kier alpha value is -3.73. The van der Waals surface area contributed by atoms with Gasteiger partial charge < -0.3 is 40.9 Å². The molecule has 2 aromatic carbocycles. The number of likely N-dealkylation sites (N-methyl/N-ethyl adjacent to an activating group) is 2. The number of aldehydes is 4. The normalized spacial score (nSPS) is 14.1. The maximum absolute atomic E-state index is 11.0. The van der Waals surface area contributed by atoms with E-state index in [1.165, 1.54) is 43.6 Å². The summed E-state index contributed by atoms with van der Waals surface area (Å²) < 4.78 is 0. The van der Waals surface area contributed by atoms with Gasteiger partial charge in [0.1, 0.15) is 25.1 Å². The standard InChI is InChI=1S/C11H17N.C9H10O.C7H14N2O2.C6H11NO.C2H4O.CH5N/c1-9(2)8-10-4-6-11(12-3)7-5-10;10-8-4-7-9-5-2-1-3-6-9;1-5(4-10)9-7(11)6(2)8-3;1-7-4-2-3-6(7)5-8;1-2-3;1-2/h4-7,9,12H,8H2,1-3H3;1-3,5-6,8H,4,7H2;4-6,8H,1-3H3,(H,9,11);5-6H,2-4H2,1H3;2H,1H3;2H2,1H3. The second-order valence-electron chi connectivity index (χ2n) is 10.7. The third-order valence-corrected chi connectivity index (χ3v) is 6.41. The van der Waals surface area contributed by atoms with E-state index in [1.54, 1.807) is 20.9 Å². The van der Waals surface area contributed by atoms with Crippen molar-refractivity contribution in [3.63, 3.8) is 0 Å². The smallest absolute Gasteiger partial charge is 0.237 e. The Morgan fingerprint density at radius 3 is 1.87 bits per heavy atom. The van der Waals surface area contributed by atoms with Crippen LogP contribution in [0.5, 0.6) is 0 Å². The van der Waals surface area contributed by atoms with E-state index in [1.807, 2.05) is 44.4 Å². The number of nitrogens with two attached hydrogens (primary N) is 1. The van der Waals surface area contributed by atoms with Crippen LogP contribution in [0.3, 0.4) is 0 Å². The lowest BCUT2D eigenvalue weighted by molar-refractivity contribution is -0.125. The van der Waals surface area contributed by atoms with E-state index in [4.69, 9.17) is 4.79 Å². The molecule has 1 heterocycles. The number of rotatable bonds is 11. The van der Waals surface area contributed by atoms with E-state index in [0.29, 0.717) is 12.7 Å². The lowest BCUT2D eigenvalue weighted by Crippen LogP contribution is -2.44. The van der Waals surface area contributed by atoms with Crippen molar-refractivity contribution in [2.45, 2.75) is 84.8 Å². The Balaban J connectivity index is -0.000000514. The van der Waals surface area contributed by atoms with Crippen LogP contribution in [0.2, 0.25) is 0 Å². The van der Waals surface area contributed by atoms with Gasteiger partial charge in [-0.15, -0.1) is 0 Å². The van der Waals surface area contributed by atoms with Crippen LogP contribution in [0.4, 0.5) is 5.69 Å². The van der Waals surface area contributed by atoms with Gasteiger partial charge >= 0.3 is 0 Å². The second kappa shape index (κ2) is 32.7. The topological polar surface area (TPSA) is 151 Å². The molecule has 0 aromatic heterocycles. The zero-order valence-corrected chi connectivity index (χ0v) is 29.6. The number of carbonyl (C=O) groups excluding carboxylic acids is 5. The van der Waals surface area contributed by atoms with Crippen molar-refractivity contribution in [1.29, 1.82) is 0 Å². The van der Waals surface area contributed by atoms with Gasteiger partial charge in [-0.3, -0.25) is 9.69 Å². The molecule has 1 aliphatic heterocycles. The molecule has 1 fully saturated rings. The zero-order valence-electron chi connectivity index (χ0n) is 29.6. The van der Waals surface area contributed by atoms with E-state index in [0.717, 1.165) is 44.2 Å². The summed E-state index contributed by atoms with van der Waals surface area (Å²) in [5.41, 5.74) is 8.33. The molecule has 46 heavy (non-hydrogen) atoms. The van der Waals surface area contributed by atoms with E-state index in [2.05, 4.69) is 64.7 Å². The lowest BCUT2D eigenvalue weighted by Gasteiger charge is -2.12. The summed E-state index contributed by atoms with van der Waals surface area (Å²) in [5, 5.41) is 8.38. The van der Waals surface area contributed by atoms with Crippen molar-refractivity contribution in [2.75, 3.05) is 40.1 Å². The van der Waals surface area contributed by atoms with Crippen LogP contribution in [-0.2, 0) is 36.8 Å². The summed E-state index contributed by atoms with van der Waals surface area (Å²) in [4.78, 5) is 52.2. The quantitative estimate of drug-likeness (QED) is 0.265. The highest BCUT2D eigenvalue weighted by atomic mass is 16.2. The minimum Gasteiger partial charge on any atom is -0.388 e. The first-order chi connectivity index (χ1) is 22.0. The molecule has 10 nitrogen and oxygen atoms in total. The van der Waals surface area contributed by atoms with Gasteiger partial charge in [0.05, 0.1) is 18.1 Å². The molecule has 2 aromatic rings. The van der Waals surface area contributed by atoms with E-state index in [-0.39, 0.29) is 18.0 Å². The molecule has 3 rings (SSSR count). The van der Waals surface area contributed by atoms with Gasteiger partial charge in [0.25, 0.3) is 0 Å². The van der Waals surface area contributed by atoms with Crippen LogP contribution >= 0.6 is 0 Å². The minimum absolute atomic E-state index is 0.160. The minimum atomic E-state index is -0.404. The van der Waals surface area contributed by atoms with Gasteiger partial charge in [-0.1, -0.05) is 56.3 Å². The molecular weight excluding hydrogens is 582 g/mol. The number of carbonyl (C=O) groups is 5. The predicted octanol–water partition coefficient (Wildman–Crippen LogP) is 4.10. The number of amides is 1. The Kier molecular flexibility index (Phi) is 33.1. The molecule has 5 N–H and O–H groups in total. The van der Waals surface area contributed by atoms with Crippen LogP contribution in [0.1, 0.15) is 65.0 Å². The molecule has 1 aliphatic rings. The number of hydrogen-bond donors (Lipinski definition) is 4. The summed E-state index contributed by atoms with van der Waals surface area (Å²) in [7, 11) is 7.12. The maximum Gasteiger partial charge on any atom is 0.237 e. The lowest BCUT2D eigenvalue weighted by atomic mass is 10.0. The summed E-state index contributed by atoms with van der Waals surface area (Å²) >= 11 is 0. The number of anilines is 1. The number of hydrogen-bond acceptors (Lipinski definition) is 9. The molecule has 3 unspecified atom stereocenters. The Morgan fingerprint density at radius 2 is 1.50 bits per heavy atom. The average molecular weight is 644 g/mol. The van der Waals surface area contributed by atoms with Crippen LogP contribution < -0.4 is 21.7 Å². The Bertz CT molecular complexity index is 1020. The van der Waals surface area contributed by atoms with Crippen molar-refractivity contribution in [3.8, 4) is 0 Å². The summed E-state index contributed by atoms with van der Waals surface area (Å²) in [6.45, 7) is 10.4. The van der Waals surface area contributed by atoms with Gasteiger partial charge in [0.2, 0.25) is 5.91 Å². The highest BCUT2D eigenvalue weighted by molar-refractivity contribution is 5.83. The molecule has 260 valence electrons. The largest absolute Gasteiger partial charge is 0.388 e. The van der Waals surface area contributed by atoms with Gasteiger partial charge in [-0.2, -0.15) is 0 Å². The first kappa shape index (κ1) is 46.7. The molecule has 3 atom stereocenters. The predicted molar refractivity (Wildman–Crippen MR) is 191 cm³/mol. The molecule has 0 aliphatic carbocycles. The SMILES string of the molecule is CC=O.CN.CN1CCCC1C=O.CNC(C)C(=O)NC(C)C=O.CNc1ccc(CC(C)C)cc1.O=CCCc1ccccc1. The monoisotopic (exact) mass is 643 g/mol. The van der Waals surface area contributed by atoms with Gasteiger partial charge in [0.15, 0.2) is 0 Å². The molecular formula is C36H61N5O5. The second-order valence-corrected chi connectivity index (χ2v) is 10.7. The summed E-state index contributed by atoms with van der Waals surface area (Å²) in [5.74, 6) is 0.581. The fraction of sp³-hybridized carbons (Fsp3) is 0.528. The van der Waals surface area contributed by atoms with Crippen LogP contribution in [-0.4, -0.2) is 88.8 Å². The third kappa shape index (κ3) is 26.7. The molecule has 0 bridgehead atoms. The number of benzene rings is 2. The number of nitrogens with zero attached hydrogens (tertiary/aromatic N) is 1. The molecule has 10 heteroatoms. The summed E-state index contributed by atoms with van der Waals surface area (Å²) in [6, 6.07) is 18.2. The fourth-order valence-electron chi connectivity index (χ4n) is 3.77. The number of likely N-dealkylation sites (tertiary alicyclic amines) is 1. The summed E-state index contributed by atoms with van der Waals surface area (Å²) in [6.07, 6.45) is 8.33. The first-order valence-corrected chi connectivity index (χ1v) is 15.8. The molecule has 0 radical (unpaired) electrons. The zero-order chi connectivity index (χ0) is 35.8. The average Bonchev–Trinajstić information content (AvgIpc) is 3.50. The van der Waals surface area contributed by atoms with Crippen LogP contribution in [0.15, 0.2) is 54.6 Å². The van der Waals surface area contributed by atoms with Gasteiger partial charge in [0, 0.05) is 19.2 Å². The van der Waals surface area contributed by atoms with Crippen molar-refractivity contribution < 1.29 is 24.0 Å².